The number of nitrogens with zero attached hydrogens (tertiary/aromatic N) is 3. The summed E-state index contributed by atoms with van der Waals surface area (Å²) in [6.45, 7) is 4.07. The number of benzene rings is 1. The van der Waals surface area contributed by atoms with Crippen molar-refractivity contribution in [1.82, 2.24) is 9.97 Å². The second-order valence-corrected chi connectivity index (χ2v) is 4.43. The molecule has 4 heteroatoms. The Hall–Kier alpha value is -1.94. The topological polar surface area (TPSA) is 49.2 Å². The lowest BCUT2D eigenvalue weighted by molar-refractivity contribution is 0.276. The average molecular weight is 243 g/mol. The highest BCUT2D eigenvalue weighted by Crippen LogP contribution is 2.23. The first-order chi connectivity index (χ1) is 8.60. The van der Waals surface area contributed by atoms with E-state index in [2.05, 4.69) is 42.0 Å². The molecule has 0 unspecified atom stereocenters. The van der Waals surface area contributed by atoms with Crippen LogP contribution in [0.1, 0.15) is 16.8 Å². The molecular weight excluding hydrogens is 226 g/mol. The molecule has 0 spiro atoms. The van der Waals surface area contributed by atoms with Gasteiger partial charge in [0.1, 0.15) is 0 Å². The van der Waals surface area contributed by atoms with E-state index >= 15 is 0 Å². The van der Waals surface area contributed by atoms with E-state index < -0.39 is 0 Å². The van der Waals surface area contributed by atoms with Crippen molar-refractivity contribution >= 4 is 11.5 Å². The van der Waals surface area contributed by atoms with Crippen LogP contribution in [0.25, 0.3) is 0 Å². The summed E-state index contributed by atoms with van der Waals surface area (Å²) in [6, 6.07) is 6.35. The first kappa shape index (κ1) is 12.5. The van der Waals surface area contributed by atoms with E-state index in [9.17, 15) is 0 Å². The lowest BCUT2D eigenvalue weighted by Crippen LogP contribution is -2.12. The van der Waals surface area contributed by atoms with Gasteiger partial charge in [0, 0.05) is 12.7 Å². The highest BCUT2D eigenvalue weighted by Gasteiger charge is 2.07. The average Bonchev–Trinajstić information content (AvgIpc) is 2.37. The molecule has 18 heavy (non-hydrogen) atoms. The maximum atomic E-state index is 8.94. The summed E-state index contributed by atoms with van der Waals surface area (Å²) in [5.74, 6) is 0.761. The molecule has 1 N–H and O–H groups in total. The van der Waals surface area contributed by atoms with Crippen molar-refractivity contribution in [3.8, 4) is 0 Å². The molecule has 0 atom stereocenters. The van der Waals surface area contributed by atoms with Crippen molar-refractivity contribution in [2.24, 2.45) is 0 Å². The minimum absolute atomic E-state index is 0.0828. The molecule has 1 heterocycles. The standard InChI is InChI=1S/C14H17N3O/c1-10-4-11(2)6-13(5-10)17(3)14-8-15-12(9-18)7-16-14/h4-8,18H,9H2,1-3H3. The lowest BCUT2D eigenvalue weighted by Gasteiger charge is -2.19. The summed E-state index contributed by atoms with van der Waals surface area (Å²) >= 11 is 0. The van der Waals surface area contributed by atoms with Crippen molar-refractivity contribution in [1.29, 1.82) is 0 Å². The fourth-order valence-electron chi connectivity index (χ4n) is 1.88. The van der Waals surface area contributed by atoms with Crippen molar-refractivity contribution in [3.63, 3.8) is 0 Å². The van der Waals surface area contributed by atoms with Crippen LogP contribution in [-0.2, 0) is 6.61 Å². The first-order valence-electron chi connectivity index (χ1n) is 5.84. The van der Waals surface area contributed by atoms with Gasteiger partial charge in [-0.15, -0.1) is 0 Å². The number of aliphatic hydroxyl groups is 1. The second kappa shape index (κ2) is 5.14. The van der Waals surface area contributed by atoms with E-state index in [0.717, 1.165) is 11.5 Å². The monoisotopic (exact) mass is 243 g/mol. The molecule has 0 bridgehead atoms. The van der Waals surface area contributed by atoms with Crippen LogP contribution in [0.15, 0.2) is 30.6 Å². The molecule has 0 aliphatic rings. The molecule has 0 saturated carbocycles. The van der Waals surface area contributed by atoms with E-state index in [1.807, 2.05) is 11.9 Å². The zero-order valence-corrected chi connectivity index (χ0v) is 10.9. The van der Waals surface area contributed by atoms with Crippen molar-refractivity contribution in [3.05, 3.63) is 47.4 Å². The van der Waals surface area contributed by atoms with Gasteiger partial charge in [0.15, 0.2) is 5.82 Å². The molecule has 4 nitrogen and oxygen atoms in total. The number of hydrogen-bond donors (Lipinski definition) is 1. The van der Waals surface area contributed by atoms with Crippen LogP contribution in [-0.4, -0.2) is 22.1 Å². The maximum absolute atomic E-state index is 8.94. The zero-order chi connectivity index (χ0) is 13.1. The van der Waals surface area contributed by atoms with Gasteiger partial charge in [-0.2, -0.15) is 0 Å². The van der Waals surface area contributed by atoms with Gasteiger partial charge in [0.2, 0.25) is 0 Å². The molecule has 1 aromatic heterocycles. The molecular formula is C14H17N3O. The quantitative estimate of drug-likeness (QED) is 0.899. The molecule has 0 aliphatic carbocycles. The van der Waals surface area contributed by atoms with E-state index in [1.165, 1.54) is 11.1 Å². The van der Waals surface area contributed by atoms with Gasteiger partial charge in [0.25, 0.3) is 0 Å². The smallest absolute Gasteiger partial charge is 0.151 e. The Morgan fingerprint density at radius 2 is 1.72 bits per heavy atom. The molecule has 0 fully saturated rings. The Balaban J connectivity index is 2.31. The van der Waals surface area contributed by atoms with Crippen LogP contribution in [0.2, 0.25) is 0 Å². The van der Waals surface area contributed by atoms with Gasteiger partial charge >= 0.3 is 0 Å². The highest BCUT2D eigenvalue weighted by molar-refractivity contribution is 5.60. The molecule has 2 rings (SSSR count). The Morgan fingerprint density at radius 3 is 2.22 bits per heavy atom. The summed E-state index contributed by atoms with van der Waals surface area (Å²) in [7, 11) is 1.96. The predicted molar refractivity (Wildman–Crippen MR) is 71.9 cm³/mol. The zero-order valence-electron chi connectivity index (χ0n) is 10.9. The molecule has 0 amide bonds. The van der Waals surface area contributed by atoms with Gasteiger partial charge < -0.3 is 10.0 Å². The molecule has 1 aromatic carbocycles. The van der Waals surface area contributed by atoms with Gasteiger partial charge in [-0.3, -0.25) is 4.98 Å². The van der Waals surface area contributed by atoms with Gasteiger partial charge in [0.05, 0.1) is 24.7 Å². The lowest BCUT2D eigenvalue weighted by atomic mass is 10.1. The SMILES string of the molecule is Cc1cc(C)cc(N(C)c2cnc(CO)cn2)c1. The van der Waals surface area contributed by atoms with E-state index in [4.69, 9.17) is 5.11 Å². The number of aryl methyl sites for hydroxylation is 2. The van der Waals surface area contributed by atoms with E-state index in [-0.39, 0.29) is 6.61 Å². The Morgan fingerprint density at radius 1 is 1.06 bits per heavy atom. The third-order valence-electron chi connectivity index (χ3n) is 2.79. The van der Waals surface area contributed by atoms with Crippen LogP contribution < -0.4 is 4.90 Å². The summed E-state index contributed by atoms with van der Waals surface area (Å²) in [6.07, 6.45) is 3.26. The molecule has 0 radical (unpaired) electrons. The van der Waals surface area contributed by atoms with Crippen LogP contribution in [0, 0.1) is 13.8 Å². The minimum Gasteiger partial charge on any atom is -0.390 e. The number of aromatic nitrogens is 2. The highest BCUT2D eigenvalue weighted by atomic mass is 16.3. The molecule has 2 aromatic rings. The predicted octanol–water partition coefficient (Wildman–Crippen LogP) is 2.35. The van der Waals surface area contributed by atoms with Crippen molar-refractivity contribution < 1.29 is 5.11 Å². The van der Waals surface area contributed by atoms with E-state index in [0.29, 0.717) is 5.69 Å². The normalized spacial score (nSPS) is 10.4. The first-order valence-corrected chi connectivity index (χ1v) is 5.84. The van der Waals surface area contributed by atoms with Gasteiger partial charge in [-0.05, 0) is 37.1 Å². The number of rotatable bonds is 3. The second-order valence-electron chi connectivity index (χ2n) is 4.43. The Labute approximate surface area is 107 Å². The van der Waals surface area contributed by atoms with E-state index in [1.54, 1.807) is 12.4 Å². The van der Waals surface area contributed by atoms with Crippen molar-refractivity contribution in [2.75, 3.05) is 11.9 Å². The number of aliphatic hydroxyl groups excluding tert-OH is 1. The summed E-state index contributed by atoms with van der Waals surface area (Å²) < 4.78 is 0. The fraction of sp³-hybridized carbons (Fsp3) is 0.286. The summed E-state index contributed by atoms with van der Waals surface area (Å²) in [5, 5.41) is 8.94. The largest absolute Gasteiger partial charge is 0.390 e. The number of anilines is 2. The summed E-state index contributed by atoms with van der Waals surface area (Å²) in [4.78, 5) is 10.4. The van der Waals surface area contributed by atoms with Gasteiger partial charge in [-0.25, -0.2) is 4.98 Å². The third-order valence-corrected chi connectivity index (χ3v) is 2.79. The Kier molecular flexibility index (Phi) is 3.58. The third kappa shape index (κ3) is 2.65. The Bertz CT molecular complexity index is 517. The van der Waals surface area contributed by atoms with Crippen LogP contribution in [0.5, 0.6) is 0 Å². The van der Waals surface area contributed by atoms with Crippen molar-refractivity contribution in [2.45, 2.75) is 20.5 Å². The molecule has 0 saturated heterocycles. The molecule has 0 aliphatic heterocycles. The van der Waals surface area contributed by atoms with Crippen LogP contribution in [0.4, 0.5) is 11.5 Å². The van der Waals surface area contributed by atoms with Gasteiger partial charge in [-0.1, -0.05) is 6.07 Å². The fourth-order valence-corrected chi connectivity index (χ4v) is 1.88. The maximum Gasteiger partial charge on any atom is 0.151 e. The molecule has 94 valence electrons. The number of hydrogen-bond acceptors (Lipinski definition) is 4. The summed E-state index contributed by atoms with van der Waals surface area (Å²) in [5.41, 5.74) is 4.10. The van der Waals surface area contributed by atoms with Crippen LogP contribution in [0.3, 0.4) is 0 Å². The minimum atomic E-state index is -0.0828. The van der Waals surface area contributed by atoms with Crippen LogP contribution >= 0.6 is 0 Å².